The van der Waals surface area contributed by atoms with Gasteiger partial charge in [0, 0.05) is 11.9 Å². The normalized spacial score (nSPS) is 15.9. The third-order valence-electron chi connectivity index (χ3n) is 5.54. The maximum Gasteiger partial charge on any atom is 0.242 e. The molecule has 1 atom stereocenters. The van der Waals surface area contributed by atoms with Crippen LogP contribution < -0.4 is 5.32 Å². The molecule has 0 bridgehead atoms. The minimum absolute atomic E-state index is 0.0437. The molecule has 6 nitrogen and oxygen atoms in total. The van der Waals surface area contributed by atoms with E-state index < -0.39 is 10.8 Å². The number of fused-ring (bicyclic) bond motifs is 2. The Hall–Kier alpha value is -2.26. The van der Waals surface area contributed by atoms with Crippen LogP contribution >= 0.6 is 12.3 Å². The van der Waals surface area contributed by atoms with Gasteiger partial charge in [0.1, 0.15) is 0 Å². The summed E-state index contributed by atoms with van der Waals surface area (Å²) < 4.78 is 27.3. The maximum atomic E-state index is 13.6. The molecular formula is C20H20FN5OS2. The number of aryl methyl sites for hydroxylation is 2. The van der Waals surface area contributed by atoms with Crippen molar-refractivity contribution >= 4 is 34.8 Å². The van der Waals surface area contributed by atoms with Crippen molar-refractivity contribution in [3.63, 3.8) is 0 Å². The van der Waals surface area contributed by atoms with Crippen molar-refractivity contribution in [3.8, 4) is 0 Å². The minimum Gasteiger partial charge on any atom is -0.323 e. The molecule has 0 saturated carbocycles. The number of pyridine rings is 1. The summed E-state index contributed by atoms with van der Waals surface area (Å²) in [6, 6.07) is 7.79. The highest BCUT2D eigenvalue weighted by molar-refractivity contribution is 7.92. The van der Waals surface area contributed by atoms with Crippen LogP contribution in [-0.2, 0) is 42.2 Å². The molecule has 2 aliphatic carbocycles. The van der Waals surface area contributed by atoms with E-state index in [0.29, 0.717) is 5.69 Å². The SMILES string of the molecule is O=S(Cc1ccccn1)c1nc(Nc2c3c(cc4c2CCC4)CCC3)n(SF)n1. The van der Waals surface area contributed by atoms with E-state index in [1.54, 1.807) is 18.3 Å². The Bertz CT molecular complexity index is 1050. The lowest BCUT2D eigenvalue weighted by Gasteiger charge is -2.16. The van der Waals surface area contributed by atoms with Gasteiger partial charge in [-0.05, 0) is 72.9 Å². The lowest BCUT2D eigenvalue weighted by Crippen LogP contribution is -2.05. The fourth-order valence-electron chi connectivity index (χ4n) is 4.26. The first-order valence-corrected chi connectivity index (χ1v) is 11.7. The van der Waals surface area contributed by atoms with Gasteiger partial charge < -0.3 is 5.32 Å². The third-order valence-corrected chi connectivity index (χ3v) is 7.07. The molecule has 2 heterocycles. The summed E-state index contributed by atoms with van der Waals surface area (Å²) >= 11 is -0.0437. The van der Waals surface area contributed by atoms with E-state index in [9.17, 15) is 8.09 Å². The lowest BCUT2D eigenvalue weighted by atomic mass is 9.99. The van der Waals surface area contributed by atoms with Crippen molar-refractivity contribution in [2.24, 2.45) is 0 Å². The smallest absolute Gasteiger partial charge is 0.242 e. The summed E-state index contributed by atoms with van der Waals surface area (Å²) in [5.41, 5.74) is 7.11. The Morgan fingerprint density at radius 1 is 1.14 bits per heavy atom. The van der Waals surface area contributed by atoms with Gasteiger partial charge in [0.05, 0.1) is 22.2 Å². The molecule has 1 N–H and O–H groups in total. The standard InChI is InChI=1S/C20H20FN5OS2/c21-28-26-19(24-20(25-26)29(27)12-15-7-1-2-10-22-15)23-18-16-8-3-5-13(16)11-14-6-4-9-17(14)18/h1-2,7,10-11H,3-6,8-9,12H2,(H,23,24,25). The molecule has 0 amide bonds. The largest absolute Gasteiger partial charge is 0.323 e. The van der Waals surface area contributed by atoms with Crippen molar-refractivity contribution in [3.05, 3.63) is 58.4 Å². The highest BCUT2D eigenvalue weighted by Gasteiger charge is 2.26. The number of hydrogen-bond acceptors (Lipinski definition) is 6. The van der Waals surface area contributed by atoms with Crippen molar-refractivity contribution in [1.29, 1.82) is 0 Å². The molecule has 0 spiro atoms. The number of hydrogen-bond donors (Lipinski definition) is 1. The van der Waals surface area contributed by atoms with E-state index in [1.807, 2.05) is 6.07 Å². The Morgan fingerprint density at radius 3 is 2.55 bits per heavy atom. The molecule has 2 aliphatic rings. The van der Waals surface area contributed by atoms with Gasteiger partial charge in [0.2, 0.25) is 11.1 Å². The molecule has 29 heavy (non-hydrogen) atoms. The predicted molar refractivity (Wildman–Crippen MR) is 112 cm³/mol. The quantitative estimate of drug-likeness (QED) is 0.637. The highest BCUT2D eigenvalue weighted by atomic mass is 32.2. The highest BCUT2D eigenvalue weighted by Crippen LogP contribution is 2.40. The second-order valence-electron chi connectivity index (χ2n) is 7.33. The molecular weight excluding hydrogens is 409 g/mol. The van der Waals surface area contributed by atoms with Gasteiger partial charge in [0.25, 0.3) is 0 Å². The zero-order valence-electron chi connectivity index (χ0n) is 15.7. The number of rotatable bonds is 6. The molecule has 2 aromatic heterocycles. The van der Waals surface area contributed by atoms with E-state index >= 15 is 0 Å². The van der Waals surface area contributed by atoms with Crippen molar-refractivity contribution in [2.75, 3.05) is 5.32 Å². The van der Waals surface area contributed by atoms with E-state index in [0.717, 1.165) is 48.3 Å². The Morgan fingerprint density at radius 2 is 1.90 bits per heavy atom. The number of nitrogens with one attached hydrogen (secondary N) is 1. The number of aromatic nitrogens is 4. The second-order valence-corrected chi connectivity index (χ2v) is 9.16. The molecule has 0 aliphatic heterocycles. The Balaban J connectivity index is 1.47. The molecule has 5 rings (SSSR count). The van der Waals surface area contributed by atoms with E-state index in [-0.39, 0.29) is 29.2 Å². The molecule has 9 heteroatoms. The van der Waals surface area contributed by atoms with Gasteiger partial charge in [-0.3, -0.25) is 9.19 Å². The van der Waals surface area contributed by atoms with Crippen LogP contribution in [0.15, 0.2) is 35.6 Å². The van der Waals surface area contributed by atoms with Gasteiger partial charge in [-0.1, -0.05) is 12.1 Å². The average molecular weight is 430 g/mol. The monoisotopic (exact) mass is 429 g/mol. The van der Waals surface area contributed by atoms with E-state index in [1.165, 1.54) is 22.3 Å². The van der Waals surface area contributed by atoms with Crippen molar-refractivity contribution in [1.82, 2.24) is 19.2 Å². The summed E-state index contributed by atoms with van der Waals surface area (Å²) in [6.07, 6.45) is 8.12. The topological polar surface area (TPSA) is 72.7 Å². The third kappa shape index (κ3) is 3.57. The van der Waals surface area contributed by atoms with Crippen LogP contribution in [0.2, 0.25) is 0 Å². The van der Waals surface area contributed by atoms with Gasteiger partial charge in [-0.15, -0.1) is 13.1 Å². The molecule has 0 saturated heterocycles. The molecule has 1 unspecified atom stereocenters. The fourth-order valence-corrected chi connectivity index (χ4v) is 5.50. The zero-order chi connectivity index (χ0) is 19.8. The van der Waals surface area contributed by atoms with Crippen LogP contribution in [0.5, 0.6) is 0 Å². The van der Waals surface area contributed by atoms with Crippen molar-refractivity contribution < 1.29 is 8.09 Å². The van der Waals surface area contributed by atoms with Crippen LogP contribution in [0.4, 0.5) is 15.5 Å². The van der Waals surface area contributed by atoms with Crippen LogP contribution in [0, 0.1) is 0 Å². The molecule has 3 aromatic rings. The minimum atomic E-state index is -1.51. The van der Waals surface area contributed by atoms with Crippen LogP contribution in [0.25, 0.3) is 0 Å². The summed E-state index contributed by atoms with van der Waals surface area (Å²) in [4.78, 5) is 8.57. The van der Waals surface area contributed by atoms with Gasteiger partial charge in [0.15, 0.2) is 12.3 Å². The number of nitrogens with zero attached hydrogens (tertiary/aromatic N) is 4. The Labute approximate surface area is 175 Å². The molecule has 0 radical (unpaired) electrons. The molecule has 1 aromatic carbocycles. The molecule has 150 valence electrons. The number of benzene rings is 1. The van der Waals surface area contributed by atoms with Crippen molar-refractivity contribution in [2.45, 2.75) is 49.4 Å². The van der Waals surface area contributed by atoms with Gasteiger partial charge >= 0.3 is 0 Å². The predicted octanol–water partition coefficient (Wildman–Crippen LogP) is 4.08. The number of halogens is 1. The fraction of sp³-hybridized carbons (Fsp3) is 0.350. The van der Waals surface area contributed by atoms with Crippen LogP contribution in [0.1, 0.15) is 40.8 Å². The van der Waals surface area contributed by atoms with E-state index in [4.69, 9.17) is 0 Å². The lowest BCUT2D eigenvalue weighted by molar-refractivity contribution is 0.674. The first-order valence-electron chi connectivity index (χ1n) is 9.71. The summed E-state index contributed by atoms with van der Waals surface area (Å²) in [5, 5.41) is 7.56. The average Bonchev–Trinajstić information content (AvgIpc) is 3.47. The van der Waals surface area contributed by atoms with E-state index in [2.05, 4.69) is 26.4 Å². The first-order chi connectivity index (χ1) is 14.2. The summed E-state index contributed by atoms with van der Waals surface area (Å²) in [6.45, 7) is 0. The number of anilines is 2. The second kappa shape index (κ2) is 7.87. The first kappa shape index (κ1) is 18.7. The van der Waals surface area contributed by atoms with Crippen LogP contribution in [0.3, 0.4) is 0 Å². The summed E-state index contributed by atoms with van der Waals surface area (Å²) in [7, 11) is -1.51. The van der Waals surface area contributed by atoms with Crippen LogP contribution in [-0.4, -0.2) is 23.4 Å². The zero-order valence-corrected chi connectivity index (χ0v) is 17.4. The summed E-state index contributed by atoms with van der Waals surface area (Å²) in [5.74, 6) is 0.466. The van der Waals surface area contributed by atoms with Gasteiger partial charge in [-0.25, -0.2) is 0 Å². The molecule has 0 fully saturated rings. The maximum absolute atomic E-state index is 13.6. The Kier molecular flexibility index (Phi) is 5.09. The van der Waals surface area contributed by atoms with Gasteiger partial charge in [-0.2, -0.15) is 4.98 Å².